The van der Waals surface area contributed by atoms with E-state index in [0.29, 0.717) is 6.04 Å². The second-order valence-corrected chi connectivity index (χ2v) is 12.3. The molecule has 0 radical (unpaired) electrons. The van der Waals surface area contributed by atoms with E-state index in [2.05, 4.69) is 90.1 Å². The van der Waals surface area contributed by atoms with Gasteiger partial charge in [-0.25, -0.2) is 0 Å². The van der Waals surface area contributed by atoms with Crippen LogP contribution in [0.15, 0.2) is 18.2 Å². The molecule has 0 amide bonds. The molecule has 3 rings (SSSR count). The molecule has 102 valence electrons. The van der Waals surface area contributed by atoms with Crippen molar-refractivity contribution in [3.05, 3.63) is 35.0 Å². The first-order valence-electron chi connectivity index (χ1n) is 6.30. The number of hydrogen-bond donors (Lipinski definition) is 2. The van der Waals surface area contributed by atoms with Gasteiger partial charge in [-0.05, 0) is 38.0 Å². The summed E-state index contributed by atoms with van der Waals surface area (Å²) in [6, 6.07) is 7.20. The van der Waals surface area contributed by atoms with Crippen molar-refractivity contribution in [2.24, 2.45) is 0 Å². The molecule has 0 saturated carbocycles. The van der Waals surface area contributed by atoms with Crippen LogP contribution in [0.25, 0.3) is 10.9 Å². The predicted molar refractivity (Wildman–Crippen MR) is 91.6 cm³/mol. The summed E-state index contributed by atoms with van der Waals surface area (Å²) in [5.74, 6) is 0. The largest absolute Gasteiger partial charge is 0.357 e. The molecule has 2 aromatic rings. The van der Waals surface area contributed by atoms with Crippen molar-refractivity contribution in [2.75, 3.05) is 0 Å². The number of fused-ring (bicyclic) bond motifs is 3. The van der Waals surface area contributed by atoms with Gasteiger partial charge in [-0.2, -0.15) is 0 Å². The number of halogens is 3. The van der Waals surface area contributed by atoms with Crippen LogP contribution in [0.5, 0.6) is 0 Å². The third-order valence-corrected chi connectivity index (χ3v) is 5.05. The molecule has 5 heteroatoms. The Kier molecular flexibility index (Phi) is 3.61. The molecule has 1 aliphatic rings. The second kappa shape index (κ2) is 4.86. The Balaban J connectivity index is 2.23. The van der Waals surface area contributed by atoms with Gasteiger partial charge in [0.2, 0.25) is 0 Å². The number of H-pyrrole nitrogens is 1. The van der Waals surface area contributed by atoms with Crippen molar-refractivity contribution in [1.29, 1.82) is 0 Å². The monoisotopic (exact) mass is 448 g/mol. The number of benzene rings is 1. The van der Waals surface area contributed by atoms with Crippen LogP contribution in [0.2, 0.25) is 0 Å². The molecule has 2 N–H and O–H groups in total. The molecule has 19 heavy (non-hydrogen) atoms. The van der Waals surface area contributed by atoms with Crippen molar-refractivity contribution in [3.8, 4) is 0 Å². The Morgan fingerprint density at radius 1 is 1.26 bits per heavy atom. The normalized spacial score (nSPS) is 23.6. The van der Waals surface area contributed by atoms with Gasteiger partial charge in [-0.15, -0.1) is 0 Å². The second-order valence-electron chi connectivity index (χ2n) is 5.31. The minimum atomic E-state index is -0.341. The van der Waals surface area contributed by atoms with Gasteiger partial charge in [-0.3, -0.25) is 0 Å². The van der Waals surface area contributed by atoms with Gasteiger partial charge >= 0.3 is 0 Å². The van der Waals surface area contributed by atoms with E-state index in [9.17, 15) is 0 Å². The SMILES string of the molecule is Cc1ccc2[nH]c3c(c2c1)CC(C)NC3C(Br)(Br)Br. The maximum atomic E-state index is 3.66. The molecule has 0 aliphatic carbocycles. The fourth-order valence-corrected chi connectivity index (χ4v) is 3.92. The third-order valence-electron chi connectivity index (χ3n) is 3.67. The van der Waals surface area contributed by atoms with Crippen LogP contribution < -0.4 is 5.32 Å². The Hall–Kier alpha value is 0.160. The van der Waals surface area contributed by atoms with Gasteiger partial charge in [0, 0.05) is 22.6 Å². The molecule has 2 heterocycles. The Morgan fingerprint density at radius 2 is 2.00 bits per heavy atom. The highest BCUT2D eigenvalue weighted by Crippen LogP contribution is 2.48. The summed E-state index contributed by atoms with van der Waals surface area (Å²) in [4.78, 5) is 3.57. The molecule has 0 bridgehead atoms. The predicted octanol–water partition coefficient (Wildman–Crippen LogP) is 4.89. The molecular formula is C14H15Br3N2. The van der Waals surface area contributed by atoms with Gasteiger partial charge < -0.3 is 10.3 Å². The van der Waals surface area contributed by atoms with E-state index in [-0.39, 0.29) is 8.18 Å². The molecule has 2 unspecified atom stereocenters. The Bertz CT molecular complexity index is 627. The zero-order valence-electron chi connectivity index (χ0n) is 10.7. The quantitative estimate of drug-likeness (QED) is 0.549. The van der Waals surface area contributed by atoms with Crippen LogP contribution in [-0.2, 0) is 6.42 Å². The highest BCUT2D eigenvalue weighted by atomic mass is 80.0. The summed E-state index contributed by atoms with van der Waals surface area (Å²) in [6.07, 6.45) is 1.05. The first kappa shape index (κ1) is 14.1. The first-order chi connectivity index (χ1) is 8.86. The summed E-state index contributed by atoms with van der Waals surface area (Å²) >= 11 is 11.0. The third kappa shape index (κ3) is 2.55. The average Bonchev–Trinajstić information content (AvgIpc) is 2.65. The van der Waals surface area contributed by atoms with Crippen LogP contribution in [0.1, 0.15) is 29.8 Å². The van der Waals surface area contributed by atoms with Crippen LogP contribution in [0.4, 0.5) is 0 Å². The van der Waals surface area contributed by atoms with Crippen molar-refractivity contribution in [2.45, 2.75) is 34.5 Å². The fourth-order valence-electron chi connectivity index (χ4n) is 2.84. The lowest BCUT2D eigenvalue weighted by Gasteiger charge is -2.34. The zero-order chi connectivity index (χ0) is 13.8. The van der Waals surface area contributed by atoms with Gasteiger partial charge in [-0.1, -0.05) is 59.4 Å². The van der Waals surface area contributed by atoms with E-state index in [1.807, 2.05) is 0 Å². The fraction of sp³-hybridized carbons (Fsp3) is 0.429. The summed E-state index contributed by atoms with van der Waals surface area (Å²) in [7, 11) is 0. The summed E-state index contributed by atoms with van der Waals surface area (Å²) < 4.78 is -0.341. The number of nitrogens with one attached hydrogen (secondary N) is 2. The van der Waals surface area contributed by atoms with Gasteiger partial charge in [0.25, 0.3) is 0 Å². The van der Waals surface area contributed by atoms with E-state index >= 15 is 0 Å². The minimum absolute atomic E-state index is 0.152. The number of hydrogen-bond acceptors (Lipinski definition) is 1. The number of aromatic nitrogens is 1. The van der Waals surface area contributed by atoms with Gasteiger partial charge in [0.05, 0.1) is 6.04 Å². The Morgan fingerprint density at radius 3 is 2.68 bits per heavy atom. The van der Waals surface area contributed by atoms with Gasteiger partial charge in [0.1, 0.15) is 0 Å². The van der Waals surface area contributed by atoms with Gasteiger partial charge in [0.15, 0.2) is 2.14 Å². The smallest absolute Gasteiger partial charge is 0.155 e. The molecule has 1 aromatic heterocycles. The average molecular weight is 451 g/mol. The molecule has 2 nitrogen and oxygen atoms in total. The Labute approximate surface area is 138 Å². The summed E-state index contributed by atoms with van der Waals surface area (Å²) in [5, 5.41) is 4.97. The van der Waals surface area contributed by atoms with Crippen molar-refractivity contribution in [1.82, 2.24) is 10.3 Å². The minimum Gasteiger partial charge on any atom is -0.357 e. The lowest BCUT2D eigenvalue weighted by Crippen LogP contribution is -2.42. The van der Waals surface area contributed by atoms with E-state index in [1.165, 1.54) is 27.7 Å². The van der Waals surface area contributed by atoms with Crippen molar-refractivity contribution >= 4 is 58.7 Å². The molecule has 0 fully saturated rings. The summed E-state index contributed by atoms with van der Waals surface area (Å²) in [5.41, 5.74) is 5.20. The van der Waals surface area contributed by atoms with Crippen LogP contribution in [0, 0.1) is 6.92 Å². The highest BCUT2D eigenvalue weighted by molar-refractivity contribution is 9.39. The molecular weight excluding hydrogens is 436 g/mol. The number of alkyl halides is 3. The standard InChI is InChI=1S/C14H15Br3N2/c1-7-3-4-11-9(5-7)10-6-8(2)18-13(12(10)19-11)14(15,16)17/h3-5,8,13,18-19H,6H2,1-2H3. The van der Waals surface area contributed by atoms with E-state index in [0.717, 1.165) is 6.42 Å². The molecule has 1 aromatic carbocycles. The maximum Gasteiger partial charge on any atom is 0.155 e. The van der Waals surface area contributed by atoms with Crippen molar-refractivity contribution < 1.29 is 0 Å². The first-order valence-corrected chi connectivity index (χ1v) is 8.68. The lowest BCUT2D eigenvalue weighted by molar-refractivity contribution is 0.435. The topological polar surface area (TPSA) is 27.8 Å². The van der Waals surface area contributed by atoms with Crippen LogP contribution in [-0.4, -0.2) is 13.2 Å². The maximum absolute atomic E-state index is 3.66. The van der Waals surface area contributed by atoms with Crippen LogP contribution in [0.3, 0.4) is 0 Å². The van der Waals surface area contributed by atoms with E-state index in [1.54, 1.807) is 0 Å². The highest BCUT2D eigenvalue weighted by Gasteiger charge is 2.39. The molecule has 0 saturated heterocycles. The lowest BCUT2D eigenvalue weighted by atomic mass is 9.95. The zero-order valence-corrected chi connectivity index (χ0v) is 15.5. The number of aryl methyl sites for hydroxylation is 1. The summed E-state index contributed by atoms with van der Waals surface area (Å²) in [6.45, 7) is 4.37. The van der Waals surface area contributed by atoms with Crippen molar-refractivity contribution in [3.63, 3.8) is 0 Å². The molecule has 1 aliphatic heterocycles. The van der Waals surface area contributed by atoms with E-state index in [4.69, 9.17) is 0 Å². The number of rotatable bonds is 0. The number of aromatic amines is 1. The van der Waals surface area contributed by atoms with Crippen LogP contribution >= 0.6 is 47.8 Å². The molecule has 0 spiro atoms. The van der Waals surface area contributed by atoms with E-state index < -0.39 is 0 Å². The molecule has 2 atom stereocenters.